The fourth-order valence-electron chi connectivity index (χ4n) is 5.71. The Kier molecular flexibility index (Phi) is 13.7. The van der Waals surface area contributed by atoms with Crippen molar-refractivity contribution in [2.45, 2.75) is 97.3 Å². The van der Waals surface area contributed by atoms with Crippen molar-refractivity contribution < 1.29 is 52.6 Å². The summed E-state index contributed by atoms with van der Waals surface area (Å²) in [6.07, 6.45) is 5.37. The molecule has 0 bridgehead atoms. The van der Waals surface area contributed by atoms with E-state index in [1.54, 1.807) is 46.1 Å². The first-order valence-electron chi connectivity index (χ1n) is 17.2. The van der Waals surface area contributed by atoms with Gasteiger partial charge in [-0.05, 0) is 77.3 Å². The van der Waals surface area contributed by atoms with Crippen molar-refractivity contribution in [1.29, 1.82) is 0 Å². The molecule has 0 unspecified atom stereocenters. The topological polar surface area (TPSA) is 131 Å². The number of benzene rings is 2. The largest absolute Gasteiger partial charge is 0.497 e. The molecule has 0 saturated carbocycles. The molecule has 0 aromatic heterocycles. The number of carbonyl (C=O) groups is 2. The summed E-state index contributed by atoms with van der Waals surface area (Å²) in [7, 11) is 3.09. The summed E-state index contributed by atoms with van der Waals surface area (Å²) in [4.78, 5) is 28.6. The summed E-state index contributed by atoms with van der Waals surface area (Å²) in [5.74, 6) is -0.817. The standard InChI is InChI=1S/C39H53NO11/c1-25-13-18-31(46-23-27-14-16-30(45-9)17-15-27)35-32(49-39(6,7)50-35)12-10-11-28-21-29(40(19-20-41)37(43)51-38(3,4)5)22-33(47-24-44-8)34(28)36(42)48-26(25)2/h10-11,13-18,21-22,25-26,31-32,35,41H,12,19-20,23-24H2,1-9H3/b11-10?,18-13-/t25-,26+,31-,32+,35-/m1/s1. The van der Waals surface area contributed by atoms with Crippen LogP contribution in [0.1, 0.15) is 76.4 Å². The fraction of sp³-hybridized carbons (Fsp3) is 0.538. The van der Waals surface area contributed by atoms with Gasteiger partial charge in [-0.3, -0.25) is 4.90 Å². The Labute approximate surface area is 301 Å². The van der Waals surface area contributed by atoms with Crippen LogP contribution in [-0.2, 0) is 35.0 Å². The number of hydrogen-bond donors (Lipinski definition) is 1. The van der Waals surface area contributed by atoms with E-state index in [2.05, 4.69) is 0 Å². The van der Waals surface area contributed by atoms with Gasteiger partial charge in [-0.25, -0.2) is 9.59 Å². The third kappa shape index (κ3) is 11.0. The van der Waals surface area contributed by atoms with Crippen molar-refractivity contribution in [2.75, 3.05) is 39.1 Å². The molecule has 2 heterocycles. The first-order chi connectivity index (χ1) is 24.1. The number of methoxy groups -OCH3 is 2. The van der Waals surface area contributed by atoms with Crippen LogP contribution in [0.3, 0.4) is 0 Å². The molecule has 12 heteroatoms. The smallest absolute Gasteiger partial charge is 0.414 e. The summed E-state index contributed by atoms with van der Waals surface area (Å²) >= 11 is 0. The third-order valence-electron chi connectivity index (χ3n) is 8.35. The highest BCUT2D eigenvalue weighted by atomic mass is 16.8. The number of amides is 1. The van der Waals surface area contributed by atoms with Crippen molar-refractivity contribution in [2.24, 2.45) is 5.92 Å². The molecule has 0 spiro atoms. The van der Waals surface area contributed by atoms with Gasteiger partial charge in [-0.1, -0.05) is 43.4 Å². The number of esters is 1. The minimum atomic E-state index is -0.880. The maximum atomic E-state index is 14.0. The van der Waals surface area contributed by atoms with Crippen molar-refractivity contribution in [3.63, 3.8) is 0 Å². The lowest BCUT2D eigenvalue weighted by molar-refractivity contribution is -0.156. The van der Waals surface area contributed by atoms with Gasteiger partial charge >= 0.3 is 12.1 Å². The molecule has 2 aliphatic heterocycles. The molecule has 0 radical (unpaired) electrons. The normalized spacial score (nSPS) is 24.0. The highest BCUT2D eigenvalue weighted by Gasteiger charge is 2.44. The lowest BCUT2D eigenvalue weighted by atomic mass is 9.98. The number of ether oxygens (including phenoxy) is 8. The van der Waals surface area contributed by atoms with E-state index >= 15 is 0 Å². The van der Waals surface area contributed by atoms with Crippen LogP contribution < -0.4 is 14.4 Å². The van der Waals surface area contributed by atoms with Gasteiger partial charge in [0.25, 0.3) is 0 Å². The monoisotopic (exact) mass is 711 g/mol. The van der Waals surface area contributed by atoms with E-state index in [1.807, 2.05) is 70.2 Å². The van der Waals surface area contributed by atoms with Crippen LogP contribution in [0.5, 0.6) is 11.5 Å². The predicted octanol–water partition coefficient (Wildman–Crippen LogP) is 6.67. The zero-order valence-corrected chi connectivity index (χ0v) is 31.2. The molecular weight excluding hydrogens is 658 g/mol. The van der Waals surface area contributed by atoms with Crippen LogP contribution in [0.2, 0.25) is 0 Å². The van der Waals surface area contributed by atoms with Gasteiger partial charge in [-0.2, -0.15) is 0 Å². The Hall–Kier alpha value is -3.94. The molecule has 0 aliphatic carbocycles. The predicted molar refractivity (Wildman–Crippen MR) is 192 cm³/mol. The first kappa shape index (κ1) is 39.8. The van der Waals surface area contributed by atoms with Gasteiger partial charge in [0.1, 0.15) is 41.0 Å². The van der Waals surface area contributed by atoms with Crippen molar-refractivity contribution in [1.82, 2.24) is 0 Å². The quantitative estimate of drug-likeness (QED) is 0.161. The molecule has 2 aromatic carbocycles. The van der Waals surface area contributed by atoms with E-state index in [-0.39, 0.29) is 37.2 Å². The second-order valence-corrected chi connectivity index (χ2v) is 14.1. The van der Waals surface area contributed by atoms with E-state index < -0.39 is 47.9 Å². The lowest BCUT2D eigenvalue weighted by Crippen LogP contribution is -2.38. The molecule has 2 aliphatic rings. The van der Waals surface area contributed by atoms with E-state index in [4.69, 9.17) is 37.9 Å². The second-order valence-electron chi connectivity index (χ2n) is 14.1. The molecule has 2 aromatic rings. The molecule has 12 nitrogen and oxygen atoms in total. The maximum Gasteiger partial charge on any atom is 0.414 e. The maximum absolute atomic E-state index is 14.0. The average Bonchev–Trinajstić information content (AvgIpc) is 3.38. The Balaban J connectivity index is 1.77. The van der Waals surface area contributed by atoms with E-state index in [9.17, 15) is 14.7 Å². The molecular formula is C39H53NO11. The zero-order chi connectivity index (χ0) is 37.3. The van der Waals surface area contributed by atoms with Gasteiger partial charge in [0.15, 0.2) is 12.6 Å². The molecule has 280 valence electrons. The zero-order valence-electron chi connectivity index (χ0n) is 31.2. The number of anilines is 1. The highest BCUT2D eigenvalue weighted by molar-refractivity contribution is 5.99. The second kappa shape index (κ2) is 17.5. The molecule has 51 heavy (non-hydrogen) atoms. The fourth-order valence-corrected chi connectivity index (χ4v) is 5.71. The van der Waals surface area contributed by atoms with Crippen LogP contribution in [0, 0.1) is 5.92 Å². The van der Waals surface area contributed by atoms with Crippen molar-refractivity contribution in [3.05, 3.63) is 71.3 Å². The number of hydrogen-bond acceptors (Lipinski definition) is 11. The minimum absolute atomic E-state index is 0.0611. The first-order valence-corrected chi connectivity index (χ1v) is 17.2. The summed E-state index contributed by atoms with van der Waals surface area (Å²) in [6.45, 7) is 12.5. The van der Waals surface area contributed by atoms with Crippen LogP contribution in [0.25, 0.3) is 6.08 Å². The van der Waals surface area contributed by atoms with E-state index in [1.165, 1.54) is 12.0 Å². The SMILES string of the molecule is COCOc1cc(N(CCO)C(=O)OC(C)(C)C)cc2c1C(=O)O[C@@H](C)[C@H](C)/C=C\[C@@H](OCc1ccc(OC)cc1)[C@H]1OC(C)(C)O[C@H]1CC=C2. The van der Waals surface area contributed by atoms with Gasteiger partial charge in [0, 0.05) is 19.1 Å². The van der Waals surface area contributed by atoms with E-state index in [0.29, 0.717) is 24.3 Å². The molecule has 1 N–H and O–H groups in total. The average molecular weight is 712 g/mol. The van der Waals surface area contributed by atoms with Crippen molar-refractivity contribution >= 4 is 23.8 Å². The molecule has 1 saturated heterocycles. The number of cyclic esters (lactones) is 1. The minimum Gasteiger partial charge on any atom is -0.497 e. The number of aliphatic hydroxyl groups is 1. The Morgan fingerprint density at radius 1 is 1.06 bits per heavy atom. The molecule has 5 atom stereocenters. The van der Waals surface area contributed by atoms with Crippen LogP contribution in [-0.4, -0.2) is 87.1 Å². The molecule has 4 rings (SSSR count). The summed E-state index contributed by atoms with van der Waals surface area (Å²) in [6, 6.07) is 10.9. The molecule has 1 fully saturated rings. The van der Waals surface area contributed by atoms with Crippen molar-refractivity contribution in [3.8, 4) is 11.5 Å². The highest BCUT2D eigenvalue weighted by Crippen LogP contribution is 2.36. The number of fused-ring (bicyclic) bond motifs is 2. The Morgan fingerprint density at radius 2 is 1.78 bits per heavy atom. The lowest BCUT2D eigenvalue weighted by Gasteiger charge is -2.28. The van der Waals surface area contributed by atoms with Crippen LogP contribution in [0.4, 0.5) is 10.5 Å². The summed E-state index contributed by atoms with van der Waals surface area (Å²) in [5, 5.41) is 9.89. The number of carbonyl (C=O) groups excluding carboxylic acids is 2. The van der Waals surface area contributed by atoms with Gasteiger partial charge in [0.05, 0.1) is 38.7 Å². The van der Waals surface area contributed by atoms with Gasteiger partial charge in [-0.15, -0.1) is 0 Å². The number of aliphatic hydroxyl groups excluding tert-OH is 1. The number of rotatable bonds is 10. The van der Waals surface area contributed by atoms with Gasteiger partial charge < -0.3 is 43.0 Å². The van der Waals surface area contributed by atoms with Crippen LogP contribution >= 0.6 is 0 Å². The Morgan fingerprint density at radius 3 is 2.43 bits per heavy atom. The van der Waals surface area contributed by atoms with E-state index in [0.717, 1.165) is 11.3 Å². The Bertz CT molecular complexity index is 1530. The number of nitrogens with zero attached hydrogens (tertiary/aromatic N) is 1. The molecule has 1 amide bonds. The third-order valence-corrected chi connectivity index (χ3v) is 8.35. The summed E-state index contributed by atoms with van der Waals surface area (Å²) < 4.78 is 47.4. The van der Waals surface area contributed by atoms with Crippen LogP contribution in [0.15, 0.2) is 54.6 Å². The summed E-state index contributed by atoms with van der Waals surface area (Å²) in [5.41, 5.74) is 1.10. The van der Waals surface area contributed by atoms with Gasteiger partial charge in [0.2, 0.25) is 0 Å².